The van der Waals surface area contributed by atoms with Crippen LogP contribution in [0.15, 0.2) is 30.5 Å². The van der Waals surface area contributed by atoms with Gasteiger partial charge in [0.05, 0.1) is 11.9 Å². The van der Waals surface area contributed by atoms with Gasteiger partial charge in [0.25, 0.3) is 0 Å². The Morgan fingerprint density at radius 3 is 2.72 bits per heavy atom. The number of hydrogen-bond donors (Lipinski definition) is 1. The minimum atomic E-state index is 0.406. The maximum absolute atomic E-state index is 4.39. The van der Waals surface area contributed by atoms with E-state index in [1.807, 2.05) is 12.3 Å². The topological polar surface area (TPSA) is 37.8 Å². The van der Waals surface area contributed by atoms with Crippen molar-refractivity contribution >= 4 is 10.8 Å². The number of nitrogens with zero attached hydrogens (tertiary/aromatic N) is 2. The summed E-state index contributed by atoms with van der Waals surface area (Å²) < 4.78 is 0. The van der Waals surface area contributed by atoms with Crippen molar-refractivity contribution in [2.45, 2.75) is 39.2 Å². The maximum atomic E-state index is 4.39. The average molecular weight is 243 g/mol. The number of nitrogens with one attached hydrogen (secondary N) is 1. The van der Waals surface area contributed by atoms with Crippen LogP contribution in [0.1, 0.15) is 38.8 Å². The van der Waals surface area contributed by atoms with E-state index in [1.165, 1.54) is 10.8 Å². The number of likely N-dealkylation sites (N-methyl/N-ethyl adjacent to an activating group) is 1. The van der Waals surface area contributed by atoms with Crippen LogP contribution in [0.5, 0.6) is 0 Å². The zero-order valence-electron chi connectivity index (χ0n) is 11.4. The molecule has 2 aromatic rings. The summed E-state index contributed by atoms with van der Waals surface area (Å²) in [6.45, 7) is 7.55. The van der Waals surface area contributed by atoms with Crippen molar-refractivity contribution < 1.29 is 0 Å². The fourth-order valence-electron chi connectivity index (χ4n) is 2.57. The molecule has 0 aliphatic rings. The quantitative estimate of drug-likeness (QED) is 0.876. The lowest BCUT2D eigenvalue weighted by molar-refractivity contribution is 0.452. The van der Waals surface area contributed by atoms with Crippen molar-refractivity contribution in [3.05, 3.63) is 36.2 Å². The fourth-order valence-corrected chi connectivity index (χ4v) is 2.57. The molecule has 3 nitrogen and oxygen atoms in total. The molecule has 1 N–H and O–H groups in total. The smallest absolute Gasteiger partial charge is 0.0755 e. The van der Waals surface area contributed by atoms with Gasteiger partial charge in [-0.1, -0.05) is 38.1 Å². The lowest BCUT2D eigenvalue weighted by Gasteiger charge is -2.23. The van der Waals surface area contributed by atoms with Gasteiger partial charge < -0.3 is 5.32 Å². The van der Waals surface area contributed by atoms with Crippen molar-refractivity contribution in [2.75, 3.05) is 6.54 Å². The van der Waals surface area contributed by atoms with E-state index in [1.54, 1.807) is 0 Å². The van der Waals surface area contributed by atoms with Gasteiger partial charge in [0.1, 0.15) is 0 Å². The van der Waals surface area contributed by atoms with Crippen molar-refractivity contribution in [3.8, 4) is 0 Å². The first kappa shape index (κ1) is 13.0. The lowest BCUT2D eigenvalue weighted by Crippen LogP contribution is -2.32. The van der Waals surface area contributed by atoms with Crippen molar-refractivity contribution in [3.63, 3.8) is 0 Å². The fraction of sp³-hybridized carbons (Fsp3) is 0.467. The molecule has 0 saturated carbocycles. The molecule has 0 fully saturated rings. The predicted molar refractivity (Wildman–Crippen MR) is 75.7 cm³/mol. The molecular weight excluding hydrogens is 222 g/mol. The summed E-state index contributed by atoms with van der Waals surface area (Å²) in [4.78, 5) is 0. The van der Waals surface area contributed by atoms with E-state index in [0.717, 1.165) is 18.7 Å². The predicted octanol–water partition coefficient (Wildman–Crippen LogP) is 3.12. The van der Waals surface area contributed by atoms with Gasteiger partial charge in [-0.25, -0.2) is 0 Å². The van der Waals surface area contributed by atoms with Crippen LogP contribution < -0.4 is 5.32 Å². The number of aromatic nitrogens is 2. The van der Waals surface area contributed by atoms with Gasteiger partial charge in [0, 0.05) is 22.7 Å². The minimum Gasteiger partial charge on any atom is -0.314 e. The Hall–Kier alpha value is -1.48. The van der Waals surface area contributed by atoms with Gasteiger partial charge in [-0.05, 0) is 19.9 Å². The first-order chi connectivity index (χ1) is 8.77. The molecule has 0 aliphatic heterocycles. The zero-order chi connectivity index (χ0) is 13.0. The summed E-state index contributed by atoms with van der Waals surface area (Å²) in [5.41, 5.74) is 1.11. The minimum absolute atomic E-state index is 0.406. The zero-order valence-corrected chi connectivity index (χ0v) is 11.4. The molecule has 1 aromatic heterocycles. The Balaban J connectivity index is 2.44. The number of fused-ring (bicyclic) bond motifs is 1. The molecule has 0 saturated heterocycles. The lowest BCUT2D eigenvalue weighted by atomic mass is 9.91. The molecule has 2 atom stereocenters. The highest BCUT2D eigenvalue weighted by molar-refractivity contribution is 5.83. The first-order valence-corrected chi connectivity index (χ1v) is 6.71. The molecule has 96 valence electrons. The van der Waals surface area contributed by atoms with Crippen LogP contribution in [0.2, 0.25) is 0 Å². The average Bonchev–Trinajstić information content (AvgIpc) is 2.40. The molecule has 3 heteroatoms. The van der Waals surface area contributed by atoms with E-state index >= 15 is 0 Å². The molecule has 0 bridgehead atoms. The molecular formula is C15H21N3. The van der Waals surface area contributed by atoms with Gasteiger partial charge in [-0.2, -0.15) is 10.2 Å². The van der Waals surface area contributed by atoms with Gasteiger partial charge in [-0.3, -0.25) is 0 Å². The summed E-state index contributed by atoms with van der Waals surface area (Å²) in [6.07, 6.45) is 2.90. The van der Waals surface area contributed by atoms with E-state index in [9.17, 15) is 0 Å². The van der Waals surface area contributed by atoms with Crippen LogP contribution in [0, 0.1) is 0 Å². The summed E-state index contributed by atoms with van der Waals surface area (Å²) in [5.74, 6) is 0.406. The highest BCUT2D eigenvalue weighted by atomic mass is 15.1. The molecule has 0 amide bonds. The second kappa shape index (κ2) is 5.91. The van der Waals surface area contributed by atoms with Crippen molar-refractivity contribution in [2.24, 2.45) is 0 Å². The first-order valence-electron chi connectivity index (χ1n) is 6.71. The molecule has 1 aromatic carbocycles. The third-order valence-electron chi connectivity index (χ3n) is 3.52. The summed E-state index contributed by atoms with van der Waals surface area (Å²) in [5, 5.41) is 14.4. The molecule has 2 unspecified atom stereocenters. The number of rotatable bonds is 5. The number of hydrogen-bond acceptors (Lipinski definition) is 3. The van der Waals surface area contributed by atoms with Gasteiger partial charge in [0.15, 0.2) is 0 Å². The Morgan fingerprint density at radius 1 is 1.22 bits per heavy atom. The van der Waals surface area contributed by atoms with E-state index in [-0.39, 0.29) is 0 Å². The second-order valence-electron chi connectivity index (χ2n) is 4.68. The maximum Gasteiger partial charge on any atom is 0.0755 e. The van der Waals surface area contributed by atoms with E-state index in [0.29, 0.717) is 12.0 Å². The third-order valence-corrected chi connectivity index (χ3v) is 3.52. The van der Waals surface area contributed by atoms with E-state index in [2.05, 4.69) is 54.5 Å². The van der Waals surface area contributed by atoms with Crippen molar-refractivity contribution in [1.82, 2.24) is 15.5 Å². The van der Waals surface area contributed by atoms with Gasteiger partial charge in [0.2, 0.25) is 0 Å². The summed E-state index contributed by atoms with van der Waals surface area (Å²) >= 11 is 0. The summed E-state index contributed by atoms with van der Waals surface area (Å²) in [6, 6.07) is 8.76. The highest BCUT2D eigenvalue weighted by Crippen LogP contribution is 2.27. The monoisotopic (exact) mass is 243 g/mol. The third kappa shape index (κ3) is 2.51. The molecule has 0 radical (unpaired) electrons. The van der Waals surface area contributed by atoms with E-state index in [4.69, 9.17) is 0 Å². The normalized spacial score (nSPS) is 14.6. The second-order valence-corrected chi connectivity index (χ2v) is 4.68. The Labute approximate surface area is 109 Å². The summed E-state index contributed by atoms with van der Waals surface area (Å²) in [7, 11) is 0. The Bertz CT molecular complexity index is 505. The van der Waals surface area contributed by atoms with Crippen molar-refractivity contribution in [1.29, 1.82) is 0 Å². The van der Waals surface area contributed by atoms with Crippen LogP contribution >= 0.6 is 0 Å². The largest absolute Gasteiger partial charge is 0.314 e. The van der Waals surface area contributed by atoms with Crippen LogP contribution in [-0.2, 0) is 0 Å². The van der Waals surface area contributed by atoms with Crippen LogP contribution in [0.3, 0.4) is 0 Å². The molecule has 0 spiro atoms. The Morgan fingerprint density at radius 2 is 2.00 bits per heavy atom. The number of benzene rings is 1. The van der Waals surface area contributed by atoms with Gasteiger partial charge in [-0.15, -0.1) is 0 Å². The SMILES string of the molecule is CCNC(C)C(CC)c1nncc2ccccc12. The molecule has 2 rings (SSSR count). The molecule has 0 aliphatic carbocycles. The van der Waals surface area contributed by atoms with Crippen LogP contribution in [0.25, 0.3) is 10.8 Å². The van der Waals surface area contributed by atoms with Gasteiger partial charge >= 0.3 is 0 Å². The van der Waals surface area contributed by atoms with Crippen LogP contribution in [-0.4, -0.2) is 22.8 Å². The highest BCUT2D eigenvalue weighted by Gasteiger charge is 2.20. The molecule has 1 heterocycles. The van der Waals surface area contributed by atoms with E-state index < -0.39 is 0 Å². The molecule has 18 heavy (non-hydrogen) atoms. The van der Waals surface area contributed by atoms with Crippen LogP contribution in [0.4, 0.5) is 0 Å². The Kier molecular flexibility index (Phi) is 4.26. The standard InChI is InChI=1S/C15H21N3/c1-4-13(11(3)16-5-2)15-14-9-7-6-8-12(14)10-17-18-15/h6-11,13,16H,4-5H2,1-3H3.